The Morgan fingerprint density at radius 1 is 1.19 bits per heavy atom. The first-order chi connectivity index (χ1) is 12.8. The molecule has 3 saturated heterocycles. The minimum Gasteiger partial charge on any atom is -0.459 e. The fourth-order valence-electron chi connectivity index (χ4n) is 4.79. The third kappa shape index (κ3) is 2.97. The Morgan fingerprint density at radius 2 is 1.93 bits per heavy atom. The van der Waals surface area contributed by atoms with Crippen LogP contribution in [0.5, 0.6) is 0 Å². The van der Waals surface area contributed by atoms with Crippen LogP contribution in [-0.4, -0.2) is 79.4 Å². The summed E-state index contributed by atoms with van der Waals surface area (Å²) in [6.07, 6.45) is 4.08. The number of furan rings is 1. The normalized spacial score (nSPS) is 30.9. The van der Waals surface area contributed by atoms with Gasteiger partial charge in [-0.1, -0.05) is 0 Å². The molecule has 4 heterocycles. The summed E-state index contributed by atoms with van der Waals surface area (Å²) in [5.41, 5.74) is -0.884. The molecule has 27 heavy (non-hydrogen) atoms. The average molecular weight is 395 g/mol. The van der Waals surface area contributed by atoms with Crippen LogP contribution in [-0.2, 0) is 14.8 Å². The highest BCUT2D eigenvalue weighted by Crippen LogP contribution is 2.44. The maximum Gasteiger partial charge on any atom is 0.289 e. The minimum absolute atomic E-state index is 0.0105. The quantitative estimate of drug-likeness (QED) is 0.738. The maximum absolute atomic E-state index is 13.5. The zero-order valence-electron chi connectivity index (χ0n) is 15.5. The number of sulfonamides is 1. The van der Waals surface area contributed by atoms with Gasteiger partial charge in [-0.25, -0.2) is 12.7 Å². The number of rotatable bonds is 2. The third-order valence-corrected chi connectivity index (χ3v) is 8.16. The van der Waals surface area contributed by atoms with E-state index in [2.05, 4.69) is 0 Å². The van der Waals surface area contributed by atoms with Gasteiger partial charge in [0.2, 0.25) is 15.9 Å². The highest BCUT2D eigenvalue weighted by Gasteiger charge is 2.58. The van der Waals surface area contributed by atoms with Crippen molar-refractivity contribution in [2.24, 2.45) is 5.41 Å². The van der Waals surface area contributed by atoms with Gasteiger partial charge in [-0.05, 0) is 37.8 Å². The Kier molecular flexibility index (Phi) is 4.54. The van der Waals surface area contributed by atoms with Crippen molar-refractivity contribution in [1.82, 2.24) is 14.1 Å². The lowest BCUT2D eigenvalue weighted by Crippen LogP contribution is -2.67. The van der Waals surface area contributed by atoms with Gasteiger partial charge in [-0.15, -0.1) is 0 Å². The van der Waals surface area contributed by atoms with Crippen LogP contribution in [0.15, 0.2) is 22.8 Å². The van der Waals surface area contributed by atoms with Gasteiger partial charge in [0, 0.05) is 39.3 Å². The van der Waals surface area contributed by atoms with E-state index in [9.17, 15) is 18.0 Å². The summed E-state index contributed by atoms with van der Waals surface area (Å²) >= 11 is 0. The molecule has 148 valence electrons. The van der Waals surface area contributed by atoms with Crippen LogP contribution >= 0.6 is 0 Å². The Hall–Kier alpha value is -1.87. The molecule has 0 aliphatic carbocycles. The van der Waals surface area contributed by atoms with Crippen LogP contribution in [0.25, 0.3) is 0 Å². The SMILES string of the molecule is CN1[C@@H]2CCN(C(=O)c3ccco3)C[C@@]2(C(=O)N2CCCC2)CCS1(=O)=O. The summed E-state index contributed by atoms with van der Waals surface area (Å²) < 4.78 is 31.5. The second-order valence-electron chi connectivity index (χ2n) is 7.75. The Morgan fingerprint density at radius 3 is 2.59 bits per heavy atom. The lowest BCUT2D eigenvalue weighted by molar-refractivity contribution is -0.148. The molecule has 3 aliphatic rings. The predicted octanol–water partition coefficient (Wildman–Crippen LogP) is 0.768. The van der Waals surface area contributed by atoms with Gasteiger partial charge in [-0.3, -0.25) is 9.59 Å². The fourth-order valence-corrected chi connectivity index (χ4v) is 6.39. The first kappa shape index (κ1) is 18.5. The van der Waals surface area contributed by atoms with Crippen molar-refractivity contribution < 1.29 is 22.4 Å². The van der Waals surface area contributed by atoms with E-state index >= 15 is 0 Å². The topological polar surface area (TPSA) is 91.1 Å². The zero-order valence-corrected chi connectivity index (χ0v) is 16.3. The van der Waals surface area contributed by atoms with E-state index in [0.29, 0.717) is 26.1 Å². The van der Waals surface area contributed by atoms with Crippen molar-refractivity contribution in [3.8, 4) is 0 Å². The van der Waals surface area contributed by atoms with E-state index in [1.54, 1.807) is 24.1 Å². The van der Waals surface area contributed by atoms with Gasteiger partial charge >= 0.3 is 0 Å². The molecule has 0 spiro atoms. The molecular weight excluding hydrogens is 370 g/mol. The molecule has 2 atom stereocenters. The molecule has 0 saturated carbocycles. The Labute approximate surface area is 159 Å². The van der Waals surface area contributed by atoms with Crippen molar-refractivity contribution >= 4 is 21.8 Å². The summed E-state index contributed by atoms with van der Waals surface area (Å²) in [6.45, 7) is 2.04. The largest absolute Gasteiger partial charge is 0.459 e. The van der Waals surface area contributed by atoms with Gasteiger partial charge in [0.25, 0.3) is 5.91 Å². The summed E-state index contributed by atoms with van der Waals surface area (Å²) in [6, 6.07) is 2.86. The van der Waals surface area contributed by atoms with E-state index in [-0.39, 0.29) is 36.3 Å². The van der Waals surface area contributed by atoms with Crippen LogP contribution in [0.4, 0.5) is 0 Å². The molecule has 1 aromatic rings. The molecule has 2 amide bonds. The predicted molar refractivity (Wildman–Crippen MR) is 97.4 cm³/mol. The second kappa shape index (κ2) is 6.63. The Bertz CT molecular complexity index is 831. The first-order valence-corrected chi connectivity index (χ1v) is 11.0. The van der Waals surface area contributed by atoms with Crippen LogP contribution in [0.3, 0.4) is 0 Å². The number of amides is 2. The number of nitrogens with zero attached hydrogens (tertiary/aromatic N) is 3. The maximum atomic E-state index is 13.5. The highest BCUT2D eigenvalue weighted by molar-refractivity contribution is 7.89. The van der Waals surface area contributed by atoms with Crippen molar-refractivity contribution in [2.45, 2.75) is 31.7 Å². The summed E-state index contributed by atoms with van der Waals surface area (Å²) in [7, 11) is -1.80. The van der Waals surface area contributed by atoms with Gasteiger partial charge in [0.1, 0.15) is 0 Å². The van der Waals surface area contributed by atoms with Gasteiger partial charge < -0.3 is 14.2 Å². The van der Waals surface area contributed by atoms with Crippen LogP contribution < -0.4 is 0 Å². The molecule has 4 rings (SSSR count). The minimum atomic E-state index is -3.37. The van der Waals surface area contributed by atoms with E-state index in [0.717, 1.165) is 12.8 Å². The van der Waals surface area contributed by atoms with Crippen LogP contribution in [0.1, 0.15) is 36.2 Å². The number of hydrogen-bond acceptors (Lipinski definition) is 5. The lowest BCUT2D eigenvalue weighted by atomic mass is 9.71. The molecular formula is C18H25N3O5S. The molecule has 1 aromatic heterocycles. The highest BCUT2D eigenvalue weighted by atomic mass is 32.2. The summed E-state index contributed by atoms with van der Waals surface area (Å²) in [5, 5.41) is 0. The number of fused-ring (bicyclic) bond motifs is 1. The van der Waals surface area contributed by atoms with E-state index in [4.69, 9.17) is 4.42 Å². The van der Waals surface area contributed by atoms with Gasteiger partial charge in [0.05, 0.1) is 17.4 Å². The van der Waals surface area contributed by atoms with Gasteiger partial charge in [-0.2, -0.15) is 0 Å². The number of hydrogen-bond donors (Lipinski definition) is 0. The van der Waals surface area contributed by atoms with Crippen molar-refractivity contribution in [3.63, 3.8) is 0 Å². The lowest BCUT2D eigenvalue weighted by Gasteiger charge is -2.53. The number of piperidine rings is 1. The van der Waals surface area contributed by atoms with E-state index in [1.165, 1.54) is 10.6 Å². The first-order valence-electron chi connectivity index (χ1n) is 9.43. The number of carbonyl (C=O) groups excluding carboxylic acids is 2. The Balaban J connectivity index is 1.68. The molecule has 3 fully saturated rings. The zero-order chi connectivity index (χ0) is 19.2. The van der Waals surface area contributed by atoms with Crippen molar-refractivity contribution in [3.05, 3.63) is 24.2 Å². The molecule has 9 heteroatoms. The summed E-state index contributed by atoms with van der Waals surface area (Å²) in [4.78, 5) is 29.8. The number of likely N-dealkylation sites (tertiary alicyclic amines) is 2. The molecule has 0 N–H and O–H groups in total. The van der Waals surface area contributed by atoms with Crippen molar-refractivity contribution in [2.75, 3.05) is 39.0 Å². The third-order valence-electron chi connectivity index (χ3n) is 6.31. The molecule has 0 radical (unpaired) electrons. The molecule has 0 aromatic carbocycles. The molecule has 0 bridgehead atoms. The standard InChI is InChI=1S/C18H25N3O5S/c1-19-15-6-10-21(16(22)14-5-4-11-26-14)13-18(15,7-12-27(19,24)25)17(23)20-8-2-3-9-20/h4-5,11,15H,2-3,6-10,12-13H2,1H3/t15-,18+/m1/s1. The average Bonchev–Trinajstić information content (AvgIpc) is 3.37. The number of carbonyl (C=O) groups is 2. The van der Waals surface area contributed by atoms with E-state index < -0.39 is 21.5 Å². The molecule has 0 unspecified atom stereocenters. The second-order valence-corrected chi connectivity index (χ2v) is 9.89. The molecule has 3 aliphatic heterocycles. The fraction of sp³-hybridized carbons (Fsp3) is 0.667. The van der Waals surface area contributed by atoms with Crippen LogP contribution in [0.2, 0.25) is 0 Å². The summed E-state index contributed by atoms with van der Waals surface area (Å²) in [5.74, 6) is -0.0802. The van der Waals surface area contributed by atoms with Gasteiger partial charge in [0.15, 0.2) is 5.76 Å². The smallest absolute Gasteiger partial charge is 0.289 e. The van der Waals surface area contributed by atoms with E-state index in [1.807, 2.05) is 4.90 Å². The van der Waals surface area contributed by atoms with Crippen molar-refractivity contribution in [1.29, 1.82) is 0 Å². The molecule has 8 nitrogen and oxygen atoms in total. The van der Waals surface area contributed by atoms with Crippen LogP contribution in [0, 0.1) is 5.41 Å². The monoisotopic (exact) mass is 395 g/mol.